The summed E-state index contributed by atoms with van der Waals surface area (Å²) in [5.41, 5.74) is 15.7. The number of hydrogen-bond acceptors (Lipinski definition) is 10. The Balaban J connectivity index is 0.000000182. The zero-order chi connectivity index (χ0) is 60.0. The minimum atomic E-state index is -4.27. The molecule has 12 nitrogen and oxygen atoms in total. The summed E-state index contributed by atoms with van der Waals surface area (Å²) in [4.78, 5) is 3.96. The van der Waals surface area contributed by atoms with E-state index >= 15 is 0 Å². The molecule has 0 saturated heterocycles. The maximum atomic E-state index is 11.8. The average Bonchev–Trinajstić information content (AvgIpc) is 3.36. The molecular weight excluding hydrogens is 1120 g/mol. The lowest BCUT2D eigenvalue weighted by molar-refractivity contribution is 0.437. The smallest absolute Gasteiger partial charge is 0.266 e. The first kappa shape index (κ1) is 58.6. The van der Waals surface area contributed by atoms with Gasteiger partial charge < -0.3 is 28.1 Å². The molecule has 2 aliphatic heterocycles. The van der Waals surface area contributed by atoms with Gasteiger partial charge in [0, 0.05) is 47.1 Å². The first-order chi connectivity index (χ1) is 41.6. The molecule has 8 aromatic carbocycles. The van der Waals surface area contributed by atoms with Crippen LogP contribution in [-0.4, -0.2) is 50.5 Å². The molecule has 0 radical (unpaired) electrons. The highest BCUT2D eigenvalue weighted by atomic mass is 32.2. The van der Waals surface area contributed by atoms with Crippen LogP contribution in [0.2, 0.25) is 0 Å². The molecule has 14 heteroatoms. The van der Waals surface area contributed by atoms with Gasteiger partial charge in [-0.25, -0.2) is 0 Å². The molecule has 10 aromatic rings. The first-order valence-corrected chi connectivity index (χ1v) is 32.1. The first-order valence-electron chi connectivity index (χ1n) is 28.9. The molecule has 436 valence electrons. The maximum absolute atomic E-state index is 11.8. The average molecular weight is 1180 g/mol. The van der Waals surface area contributed by atoms with Crippen molar-refractivity contribution < 1.29 is 44.2 Å². The van der Waals surface area contributed by atoms with Gasteiger partial charge in [0.25, 0.3) is 20.2 Å². The van der Waals surface area contributed by atoms with Crippen molar-refractivity contribution in [3.8, 4) is 56.0 Å². The SMILES string of the molecule is CCC(=C/c1oc2ccc(-c3ccccc3)cc2c1CC)/C=C1\Oc2ccc(-c3ccccc3)cc2N1CC.CCC(=C/c1oc2ccc(-c3ccccc3)cc2c1CCS(=O)(=O)O)/C=C1\Oc2ccc(-c3ccccc3)cc2N1CCS(=O)(=O)O. The molecule has 0 amide bonds. The monoisotopic (exact) mass is 1180 g/mol. The number of rotatable bonds is 18. The van der Waals surface area contributed by atoms with E-state index in [1.54, 1.807) is 17.1 Å². The zero-order valence-electron chi connectivity index (χ0n) is 48.3. The molecule has 0 atom stereocenters. The molecule has 4 heterocycles. The fourth-order valence-electron chi connectivity index (χ4n) is 11.0. The quantitative estimate of drug-likeness (QED) is 0.0784. The zero-order valence-corrected chi connectivity index (χ0v) is 49.9. The predicted molar refractivity (Wildman–Crippen MR) is 347 cm³/mol. The van der Waals surface area contributed by atoms with Crippen LogP contribution in [0.1, 0.15) is 63.2 Å². The summed E-state index contributed by atoms with van der Waals surface area (Å²) in [7, 11) is -8.52. The number of fused-ring (bicyclic) bond motifs is 4. The Kier molecular flexibility index (Phi) is 17.4. The van der Waals surface area contributed by atoms with Gasteiger partial charge in [0.1, 0.15) is 22.7 Å². The Morgan fingerprint density at radius 3 is 1.23 bits per heavy atom. The van der Waals surface area contributed by atoms with Crippen molar-refractivity contribution in [3.05, 3.63) is 252 Å². The van der Waals surface area contributed by atoms with Crippen LogP contribution in [-0.2, 0) is 33.1 Å². The second-order valence-electron chi connectivity index (χ2n) is 21.0. The molecule has 0 unspecified atom stereocenters. The van der Waals surface area contributed by atoms with E-state index in [9.17, 15) is 25.9 Å². The van der Waals surface area contributed by atoms with Crippen LogP contribution in [0.3, 0.4) is 0 Å². The van der Waals surface area contributed by atoms with E-state index in [-0.39, 0.29) is 13.0 Å². The lowest BCUT2D eigenvalue weighted by Gasteiger charge is -2.18. The van der Waals surface area contributed by atoms with Crippen molar-refractivity contribution in [1.29, 1.82) is 0 Å². The summed E-state index contributed by atoms with van der Waals surface area (Å²) in [6.45, 7) is 9.24. The van der Waals surface area contributed by atoms with Gasteiger partial charge in [-0.2, -0.15) is 16.8 Å². The van der Waals surface area contributed by atoms with Gasteiger partial charge in [-0.15, -0.1) is 0 Å². The van der Waals surface area contributed by atoms with Crippen molar-refractivity contribution in [2.45, 2.75) is 53.4 Å². The van der Waals surface area contributed by atoms with Crippen LogP contribution >= 0.6 is 0 Å². The lowest BCUT2D eigenvalue weighted by Crippen LogP contribution is -2.27. The Bertz CT molecular complexity index is 4450. The molecular formula is C72H66N2O10S2. The number of hydrogen-bond donors (Lipinski definition) is 2. The van der Waals surface area contributed by atoms with E-state index in [4.69, 9.17) is 18.3 Å². The van der Waals surface area contributed by atoms with Crippen LogP contribution in [0.25, 0.3) is 78.6 Å². The Morgan fingerprint density at radius 1 is 0.442 bits per heavy atom. The molecule has 2 aliphatic rings. The standard InChI is InChI=1S/C36H33NO8S2.C36H33NO2/c1-2-25(21-35-30(17-19-46(38,39)40)31-23-28(13-15-33(31)44-35)26-9-5-3-6-10-26)22-36-37(18-20-47(41,42)43)32-24-29(14-16-34(32)45-36)27-11-7-4-8-12-27;1-4-25(21-35-30(5-2)31-23-28(17-19-33(31)38-35)26-13-9-7-10-14-26)22-36-37(6-3)32-24-29(18-20-34(32)39-36)27-15-11-8-12-16-27/h3-16,21-24H,2,17-20H2,1H3,(H,38,39,40)(H,41,42,43);7-24H,4-6H2,1-3H3/b2*25-21-,36-22-. The normalized spacial score (nSPS) is 14.3. The third-order valence-electron chi connectivity index (χ3n) is 15.5. The molecule has 0 fully saturated rings. The highest BCUT2D eigenvalue weighted by molar-refractivity contribution is 7.86. The van der Waals surface area contributed by atoms with Crippen LogP contribution in [0.4, 0.5) is 11.4 Å². The fraction of sp³-hybridized carbons (Fsp3) is 0.167. The summed E-state index contributed by atoms with van der Waals surface area (Å²) in [6, 6.07) is 64.8. The van der Waals surface area contributed by atoms with Gasteiger partial charge in [0.05, 0.1) is 22.9 Å². The van der Waals surface area contributed by atoms with Gasteiger partial charge in [0.2, 0.25) is 11.8 Å². The second kappa shape index (κ2) is 25.6. The number of allylic oxidation sites excluding steroid dienone is 4. The van der Waals surface area contributed by atoms with Crippen LogP contribution in [0.5, 0.6) is 11.5 Å². The second-order valence-corrected chi connectivity index (χ2v) is 24.2. The summed E-state index contributed by atoms with van der Waals surface area (Å²) < 4.78 is 91.5. The van der Waals surface area contributed by atoms with Crippen LogP contribution in [0, 0.1) is 0 Å². The van der Waals surface area contributed by atoms with E-state index in [0.29, 0.717) is 40.6 Å². The number of benzene rings is 8. The maximum Gasteiger partial charge on any atom is 0.266 e. The molecule has 0 spiro atoms. The molecule has 0 saturated carbocycles. The largest absolute Gasteiger partial charge is 0.456 e. The van der Waals surface area contributed by atoms with E-state index in [2.05, 4.69) is 129 Å². The van der Waals surface area contributed by atoms with Crippen LogP contribution in [0.15, 0.2) is 238 Å². The van der Waals surface area contributed by atoms with E-state index in [1.807, 2.05) is 110 Å². The Hall–Kier alpha value is -9.18. The highest BCUT2D eigenvalue weighted by Crippen LogP contribution is 2.44. The Labute approximate surface area is 502 Å². The number of anilines is 2. The number of ether oxygens (including phenoxy) is 2. The van der Waals surface area contributed by atoms with Crippen molar-refractivity contribution >= 4 is 65.7 Å². The van der Waals surface area contributed by atoms with Gasteiger partial charge in [-0.3, -0.25) is 9.11 Å². The molecule has 86 heavy (non-hydrogen) atoms. The van der Waals surface area contributed by atoms with Crippen molar-refractivity contribution in [1.82, 2.24) is 0 Å². The summed E-state index contributed by atoms with van der Waals surface area (Å²) >= 11 is 0. The minimum absolute atomic E-state index is 0.0220. The number of furan rings is 2. The van der Waals surface area contributed by atoms with E-state index in [1.165, 1.54) is 33.2 Å². The van der Waals surface area contributed by atoms with Gasteiger partial charge in [0.15, 0.2) is 11.5 Å². The molecule has 12 rings (SSSR count). The molecule has 2 N–H and O–H groups in total. The lowest BCUT2D eigenvalue weighted by atomic mass is 10.0. The van der Waals surface area contributed by atoms with Crippen molar-refractivity contribution in [2.24, 2.45) is 0 Å². The van der Waals surface area contributed by atoms with Crippen LogP contribution < -0.4 is 19.3 Å². The predicted octanol–water partition coefficient (Wildman–Crippen LogP) is 17.5. The number of nitrogens with zero attached hydrogens (tertiary/aromatic N) is 2. The summed E-state index contributed by atoms with van der Waals surface area (Å²) in [6.07, 6.45) is 10.2. The third-order valence-corrected chi connectivity index (χ3v) is 16.9. The molecule has 0 aliphatic carbocycles. The van der Waals surface area contributed by atoms with Gasteiger partial charge in [-0.1, -0.05) is 166 Å². The van der Waals surface area contributed by atoms with Gasteiger partial charge >= 0.3 is 0 Å². The van der Waals surface area contributed by atoms with Crippen molar-refractivity contribution in [3.63, 3.8) is 0 Å². The van der Waals surface area contributed by atoms with E-state index < -0.39 is 31.7 Å². The van der Waals surface area contributed by atoms with E-state index in [0.717, 1.165) is 86.8 Å². The van der Waals surface area contributed by atoms with Gasteiger partial charge in [-0.05, 0) is 149 Å². The molecule has 2 aromatic heterocycles. The Morgan fingerprint density at radius 2 is 0.826 bits per heavy atom. The van der Waals surface area contributed by atoms with Crippen molar-refractivity contribution in [2.75, 3.05) is 34.4 Å². The number of aryl methyl sites for hydroxylation is 2. The topological polar surface area (TPSA) is 160 Å². The summed E-state index contributed by atoms with van der Waals surface area (Å²) in [5.74, 6) is 3.02. The summed E-state index contributed by atoms with van der Waals surface area (Å²) in [5, 5.41) is 1.92. The third kappa shape index (κ3) is 13.3. The minimum Gasteiger partial charge on any atom is -0.456 e. The molecule has 0 bridgehead atoms. The fourth-order valence-corrected chi connectivity index (χ4v) is 11.9. The highest BCUT2D eigenvalue weighted by Gasteiger charge is 2.30.